The zero-order valence-corrected chi connectivity index (χ0v) is 12.1. The Hall–Kier alpha value is -0.480. The quantitative estimate of drug-likeness (QED) is 0.812. The second-order valence-corrected chi connectivity index (χ2v) is 5.41. The van der Waals surface area contributed by atoms with E-state index in [-0.39, 0.29) is 6.61 Å². The first-order valence-corrected chi connectivity index (χ1v) is 6.71. The lowest BCUT2D eigenvalue weighted by atomic mass is 10.2. The smallest absolute Gasteiger partial charge is 0.121 e. The molecule has 2 N–H and O–H groups in total. The molecule has 0 amide bonds. The van der Waals surface area contributed by atoms with E-state index in [2.05, 4.69) is 19.2 Å². The van der Waals surface area contributed by atoms with Crippen molar-refractivity contribution < 1.29 is 9.84 Å². The van der Waals surface area contributed by atoms with Crippen molar-refractivity contribution in [2.45, 2.75) is 20.0 Å². The molecular weight excluding hydrogens is 273 g/mol. The lowest BCUT2D eigenvalue weighted by Gasteiger charge is -2.14. The number of hydrogen-bond acceptors (Lipinski definition) is 3. The molecule has 0 heterocycles. The van der Waals surface area contributed by atoms with Gasteiger partial charge in [0.25, 0.3) is 0 Å². The molecule has 0 bridgehead atoms. The molecule has 0 radical (unpaired) electrons. The number of halogens is 2. The van der Waals surface area contributed by atoms with Gasteiger partial charge in [-0.2, -0.15) is 0 Å². The molecule has 0 spiro atoms. The second-order valence-electron chi connectivity index (χ2n) is 4.59. The summed E-state index contributed by atoms with van der Waals surface area (Å²) in [5.41, 5.74) is 0. The van der Waals surface area contributed by atoms with Crippen molar-refractivity contribution in [3.05, 3.63) is 28.2 Å². The number of aliphatic hydroxyl groups excluding tert-OH is 1. The molecule has 0 aliphatic heterocycles. The molecule has 1 aromatic rings. The minimum absolute atomic E-state index is 0.225. The Morgan fingerprint density at radius 2 is 1.94 bits per heavy atom. The van der Waals surface area contributed by atoms with Crippen LogP contribution in [0.2, 0.25) is 10.0 Å². The highest BCUT2D eigenvalue weighted by molar-refractivity contribution is 6.42. The summed E-state index contributed by atoms with van der Waals surface area (Å²) in [6.07, 6.45) is -0.543. The second kappa shape index (κ2) is 7.85. The molecule has 1 aromatic carbocycles. The van der Waals surface area contributed by atoms with Gasteiger partial charge in [0.05, 0.1) is 10.0 Å². The zero-order valence-electron chi connectivity index (χ0n) is 10.6. The standard InChI is InChI=1S/C13H19Cl2NO2/c1-9(2)6-16-7-10(17)8-18-11-3-4-12(14)13(15)5-11/h3-5,9-10,16-17H,6-8H2,1-2H3/t10-/m1/s1. The van der Waals surface area contributed by atoms with Crippen LogP contribution in [0.4, 0.5) is 0 Å². The summed E-state index contributed by atoms with van der Waals surface area (Å²) in [6, 6.07) is 5.03. The molecule has 0 aliphatic carbocycles. The fraction of sp³-hybridized carbons (Fsp3) is 0.538. The first-order valence-electron chi connectivity index (χ1n) is 5.95. The van der Waals surface area contributed by atoms with Gasteiger partial charge in [0.2, 0.25) is 0 Å². The largest absolute Gasteiger partial charge is 0.491 e. The van der Waals surface area contributed by atoms with Gasteiger partial charge in [-0.3, -0.25) is 0 Å². The van der Waals surface area contributed by atoms with Crippen LogP contribution in [-0.2, 0) is 0 Å². The first kappa shape index (κ1) is 15.6. The minimum Gasteiger partial charge on any atom is -0.491 e. The van der Waals surface area contributed by atoms with E-state index in [4.69, 9.17) is 27.9 Å². The third-order valence-electron chi connectivity index (χ3n) is 2.27. The first-order chi connectivity index (χ1) is 8.49. The third kappa shape index (κ3) is 5.91. The number of nitrogens with one attached hydrogen (secondary N) is 1. The Kier molecular flexibility index (Phi) is 6.79. The highest BCUT2D eigenvalue weighted by Gasteiger charge is 2.06. The Bertz CT molecular complexity index is 372. The molecule has 0 fully saturated rings. The van der Waals surface area contributed by atoms with Crippen LogP contribution in [0.5, 0.6) is 5.75 Å². The minimum atomic E-state index is -0.543. The molecule has 1 atom stereocenters. The monoisotopic (exact) mass is 291 g/mol. The van der Waals surface area contributed by atoms with Gasteiger partial charge in [-0.05, 0) is 24.6 Å². The zero-order chi connectivity index (χ0) is 13.5. The van der Waals surface area contributed by atoms with Gasteiger partial charge in [-0.25, -0.2) is 0 Å². The molecule has 1 rings (SSSR count). The summed E-state index contributed by atoms with van der Waals surface area (Å²) >= 11 is 11.7. The van der Waals surface area contributed by atoms with Crippen LogP contribution in [0.25, 0.3) is 0 Å². The number of aliphatic hydroxyl groups is 1. The van der Waals surface area contributed by atoms with E-state index in [1.54, 1.807) is 18.2 Å². The summed E-state index contributed by atoms with van der Waals surface area (Å²) < 4.78 is 5.43. The van der Waals surface area contributed by atoms with Crippen LogP contribution in [0.3, 0.4) is 0 Å². The number of rotatable bonds is 7. The lowest BCUT2D eigenvalue weighted by molar-refractivity contribution is 0.106. The van der Waals surface area contributed by atoms with Crippen molar-refractivity contribution in [2.24, 2.45) is 5.92 Å². The SMILES string of the molecule is CC(C)CNC[C@@H](O)COc1ccc(Cl)c(Cl)c1. The molecule has 0 saturated carbocycles. The average molecular weight is 292 g/mol. The summed E-state index contributed by atoms with van der Waals surface area (Å²) in [5.74, 6) is 1.17. The highest BCUT2D eigenvalue weighted by atomic mass is 35.5. The van der Waals surface area contributed by atoms with Crippen LogP contribution in [-0.4, -0.2) is 30.9 Å². The van der Waals surface area contributed by atoms with E-state index < -0.39 is 6.10 Å². The van der Waals surface area contributed by atoms with E-state index in [0.717, 1.165) is 6.54 Å². The van der Waals surface area contributed by atoms with Gasteiger partial charge in [-0.15, -0.1) is 0 Å². The fourth-order valence-electron chi connectivity index (χ4n) is 1.36. The van der Waals surface area contributed by atoms with Gasteiger partial charge < -0.3 is 15.2 Å². The van der Waals surface area contributed by atoms with Gasteiger partial charge >= 0.3 is 0 Å². The Labute approximate surface area is 118 Å². The summed E-state index contributed by atoms with van der Waals surface area (Å²) in [6.45, 7) is 5.85. The Morgan fingerprint density at radius 3 is 2.56 bits per heavy atom. The van der Waals surface area contributed by atoms with Crippen molar-refractivity contribution in [3.63, 3.8) is 0 Å². The van der Waals surface area contributed by atoms with E-state index in [9.17, 15) is 5.11 Å². The molecule has 18 heavy (non-hydrogen) atoms. The van der Waals surface area contributed by atoms with Gasteiger partial charge in [0, 0.05) is 12.6 Å². The molecule has 0 aromatic heterocycles. The normalized spacial score (nSPS) is 12.8. The van der Waals surface area contributed by atoms with Gasteiger partial charge in [0.1, 0.15) is 18.5 Å². The molecule has 0 unspecified atom stereocenters. The predicted octanol–water partition coefficient (Wildman–Crippen LogP) is 2.98. The van der Waals surface area contributed by atoms with E-state index in [1.165, 1.54) is 0 Å². The molecule has 0 saturated heterocycles. The van der Waals surface area contributed by atoms with Gasteiger partial charge in [0.15, 0.2) is 0 Å². The van der Waals surface area contributed by atoms with E-state index >= 15 is 0 Å². The van der Waals surface area contributed by atoms with Crippen molar-refractivity contribution in [1.82, 2.24) is 5.32 Å². The maximum Gasteiger partial charge on any atom is 0.121 e. The van der Waals surface area contributed by atoms with Crippen molar-refractivity contribution in [1.29, 1.82) is 0 Å². The third-order valence-corrected chi connectivity index (χ3v) is 3.01. The number of hydrogen-bond donors (Lipinski definition) is 2. The maximum atomic E-state index is 9.70. The molecule has 5 heteroatoms. The Morgan fingerprint density at radius 1 is 1.22 bits per heavy atom. The predicted molar refractivity (Wildman–Crippen MR) is 75.7 cm³/mol. The van der Waals surface area contributed by atoms with Crippen LogP contribution in [0, 0.1) is 5.92 Å². The van der Waals surface area contributed by atoms with Crippen molar-refractivity contribution in [2.75, 3.05) is 19.7 Å². The topological polar surface area (TPSA) is 41.5 Å². The van der Waals surface area contributed by atoms with E-state index in [0.29, 0.717) is 28.3 Å². The number of benzene rings is 1. The van der Waals surface area contributed by atoms with Crippen LogP contribution >= 0.6 is 23.2 Å². The van der Waals surface area contributed by atoms with Crippen LogP contribution < -0.4 is 10.1 Å². The van der Waals surface area contributed by atoms with Crippen molar-refractivity contribution >= 4 is 23.2 Å². The van der Waals surface area contributed by atoms with Gasteiger partial charge in [-0.1, -0.05) is 37.0 Å². The molecular formula is C13H19Cl2NO2. The maximum absolute atomic E-state index is 9.70. The average Bonchev–Trinajstić information content (AvgIpc) is 2.30. The summed E-state index contributed by atoms with van der Waals surface area (Å²) in [4.78, 5) is 0. The van der Waals surface area contributed by atoms with Crippen molar-refractivity contribution in [3.8, 4) is 5.75 Å². The van der Waals surface area contributed by atoms with Crippen LogP contribution in [0.1, 0.15) is 13.8 Å². The lowest BCUT2D eigenvalue weighted by Crippen LogP contribution is -2.33. The van der Waals surface area contributed by atoms with Crippen LogP contribution in [0.15, 0.2) is 18.2 Å². The summed E-state index contributed by atoms with van der Waals surface area (Å²) in [5, 5.41) is 13.8. The van der Waals surface area contributed by atoms with E-state index in [1.807, 2.05) is 0 Å². The molecule has 3 nitrogen and oxygen atoms in total. The molecule has 102 valence electrons. The molecule has 0 aliphatic rings. The number of ether oxygens (including phenoxy) is 1. The fourth-order valence-corrected chi connectivity index (χ4v) is 1.64. The Balaban J connectivity index is 2.29. The summed E-state index contributed by atoms with van der Waals surface area (Å²) in [7, 11) is 0. The highest BCUT2D eigenvalue weighted by Crippen LogP contribution is 2.26.